The zero-order valence-corrected chi connectivity index (χ0v) is 15.2. The third-order valence-corrected chi connectivity index (χ3v) is 3.66. The van der Waals surface area contributed by atoms with Gasteiger partial charge in [-0.25, -0.2) is 9.59 Å². The zero-order chi connectivity index (χ0) is 18.4. The molecule has 7 heteroatoms. The molecule has 0 aliphatic carbocycles. The van der Waals surface area contributed by atoms with E-state index >= 15 is 0 Å². The van der Waals surface area contributed by atoms with Crippen molar-refractivity contribution < 1.29 is 23.5 Å². The number of ether oxygens (including phenoxy) is 2. The Balaban J connectivity index is 2.37. The Kier molecular flexibility index (Phi) is 6.67. The number of rotatable bonds is 6. The van der Waals surface area contributed by atoms with Gasteiger partial charge in [-0.05, 0) is 44.2 Å². The smallest absolute Gasteiger partial charge is 0.345 e. The van der Waals surface area contributed by atoms with Gasteiger partial charge in [-0.1, -0.05) is 23.2 Å². The lowest BCUT2D eigenvalue weighted by atomic mass is 10.2. The second-order valence-electron chi connectivity index (χ2n) is 4.83. The summed E-state index contributed by atoms with van der Waals surface area (Å²) in [6.07, 6.45) is 1.28. The van der Waals surface area contributed by atoms with Crippen molar-refractivity contribution in [3.63, 3.8) is 0 Å². The predicted molar refractivity (Wildman–Crippen MR) is 95.4 cm³/mol. The van der Waals surface area contributed by atoms with Gasteiger partial charge in [-0.15, -0.1) is 0 Å². The van der Waals surface area contributed by atoms with Crippen LogP contribution in [-0.4, -0.2) is 25.2 Å². The minimum absolute atomic E-state index is 0.136. The summed E-state index contributed by atoms with van der Waals surface area (Å²) in [4.78, 5) is 23.9. The predicted octanol–water partition coefficient (Wildman–Crippen LogP) is 4.76. The maximum Gasteiger partial charge on any atom is 0.345 e. The third-order valence-electron chi connectivity index (χ3n) is 3.10. The van der Waals surface area contributed by atoms with Gasteiger partial charge >= 0.3 is 11.9 Å². The molecule has 0 amide bonds. The van der Waals surface area contributed by atoms with Crippen molar-refractivity contribution in [2.75, 3.05) is 13.2 Å². The highest BCUT2D eigenvalue weighted by atomic mass is 35.5. The minimum Gasteiger partial charge on any atom is -0.462 e. The maximum absolute atomic E-state index is 12.0. The summed E-state index contributed by atoms with van der Waals surface area (Å²) >= 11 is 12.1. The molecule has 0 atom stereocenters. The van der Waals surface area contributed by atoms with E-state index in [1.165, 1.54) is 6.08 Å². The largest absolute Gasteiger partial charge is 0.462 e. The van der Waals surface area contributed by atoms with Crippen LogP contribution in [0.1, 0.15) is 19.6 Å². The molecule has 0 aliphatic heterocycles. The van der Waals surface area contributed by atoms with Crippen molar-refractivity contribution >= 4 is 41.2 Å². The average Bonchev–Trinajstić information content (AvgIpc) is 3.03. The van der Waals surface area contributed by atoms with Crippen LogP contribution >= 0.6 is 23.2 Å². The molecular formula is C18H16Cl2O5. The number of carbonyl (C=O) groups excluding carboxylic acids is 2. The number of esters is 2. The van der Waals surface area contributed by atoms with Crippen LogP contribution in [0.5, 0.6) is 0 Å². The van der Waals surface area contributed by atoms with Crippen LogP contribution in [0.15, 0.2) is 40.3 Å². The molecule has 1 aromatic carbocycles. The highest BCUT2D eigenvalue weighted by molar-refractivity contribution is 6.35. The number of hydrogen-bond donors (Lipinski definition) is 0. The van der Waals surface area contributed by atoms with Crippen molar-refractivity contribution in [1.29, 1.82) is 0 Å². The Morgan fingerprint density at radius 1 is 1.04 bits per heavy atom. The summed E-state index contributed by atoms with van der Waals surface area (Å²) < 4.78 is 15.4. The molecule has 25 heavy (non-hydrogen) atoms. The topological polar surface area (TPSA) is 65.7 Å². The summed E-state index contributed by atoms with van der Waals surface area (Å²) in [5, 5.41) is 0.969. The molecule has 0 aliphatic rings. The Morgan fingerprint density at radius 2 is 1.68 bits per heavy atom. The van der Waals surface area contributed by atoms with Gasteiger partial charge in [0.05, 0.1) is 18.2 Å². The lowest BCUT2D eigenvalue weighted by Gasteiger charge is -2.06. The van der Waals surface area contributed by atoms with E-state index in [4.69, 9.17) is 37.1 Å². The van der Waals surface area contributed by atoms with Crippen molar-refractivity contribution in [1.82, 2.24) is 0 Å². The third kappa shape index (κ3) is 4.87. The van der Waals surface area contributed by atoms with Crippen LogP contribution in [-0.2, 0) is 19.1 Å². The number of hydrogen-bond acceptors (Lipinski definition) is 5. The zero-order valence-electron chi connectivity index (χ0n) is 13.7. The summed E-state index contributed by atoms with van der Waals surface area (Å²) in [6, 6.07) is 8.24. The summed E-state index contributed by atoms with van der Waals surface area (Å²) in [6.45, 7) is 3.56. The molecule has 0 bridgehead atoms. The molecule has 2 rings (SSSR count). The lowest BCUT2D eigenvalue weighted by Crippen LogP contribution is -2.18. The SMILES string of the molecule is CCOC(=O)C(=Cc1ccc(-c2cc(Cl)ccc2Cl)o1)C(=O)OCC. The number of halogens is 2. The highest BCUT2D eigenvalue weighted by Gasteiger charge is 2.22. The van der Waals surface area contributed by atoms with Gasteiger partial charge in [0, 0.05) is 16.7 Å². The Morgan fingerprint density at radius 3 is 2.28 bits per heavy atom. The summed E-state index contributed by atoms with van der Waals surface area (Å²) in [5.41, 5.74) is 0.351. The average molecular weight is 383 g/mol. The first-order valence-corrected chi connectivity index (χ1v) is 8.33. The monoisotopic (exact) mass is 382 g/mol. The first-order chi connectivity index (χ1) is 12.0. The van der Waals surface area contributed by atoms with Gasteiger partial charge in [0.1, 0.15) is 17.1 Å². The van der Waals surface area contributed by atoms with Crippen LogP contribution in [0, 0.1) is 0 Å². The van der Waals surface area contributed by atoms with Gasteiger partial charge in [0.25, 0.3) is 0 Å². The van der Waals surface area contributed by atoms with E-state index in [1.54, 1.807) is 44.2 Å². The van der Waals surface area contributed by atoms with Gasteiger partial charge in [-0.2, -0.15) is 0 Å². The summed E-state index contributed by atoms with van der Waals surface area (Å²) in [5.74, 6) is -0.827. The highest BCUT2D eigenvalue weighted by Crippen LogP contribution is 2.32. The molecule has 0 radical (unpaired) electrons. The summed E-state index contributed by atoms with van der Waals surface area (Å²) in [7, 11) is 0. The molecule has 132 valence electrons. The first-order valence-electron chi connectivity index (χ1n) is 7.57. The van der Waals surface area contributed by atoms with Crippen LogP contribution in [0.2, 0.25) is 10.0 Å². The standard InChI is InChI=1S/C18H16Cl2O5/c1-3-23-17(21)14(18(22)24-4-2)10-12-6-8-16(25-12)13-9-11(19)5-7-15(13)20/h5-10H,3-4H2,1-2H3. The van der Waals surface area contributed by atoms with Crippen molar-refractivity contribution in [3.05, 3.63) is 51.7 Å². The Labute approximate surface area is 155 Å². The Hall–Kier alpha value is -2.24. The molecule has 2 aromatic rings. The fourth-order valence-corrected chi connectivity index (χ4v) is 2.41. The van der Waals surface area contributed by atoms with Crippen LogP contribution < -0.4 is 0 Å². The second-order valence-corrected chi connectivity index (χ2v) is 5.67. The van der Waals surface area contributed by atoms with Crippen molar-refractivity contribution in [3.8, 4) is 11.3 Å². The van der Waals surface area contributed by atoms with Crippen LogP contribution in [0.4, 0.5) is 0 Å². The number of furan rings is 1. The van der Waals surface area contributed by atoms with Gasteiger partial charge in [0.15, 0.2) is 0 Å². The van der Waals surface area contributed by atoms with Crippen molar-refractivity contribution in [2.45, 2.75) is 13.8 Å². The number of benzene rings is 1. The van der Waals surface area contributed by atoms with E-state index < -0.39 is 11.9 Å². The normalized spacial score (nSPS) is 10.2. The molecule has 0 fully saturated rings. The van der Waals surface area contributed by atoms with Gasteiger partial charge in [-0.3, -0.25) is 0 Å². The number of carbonyl (C=O) groups is 2. The molecule has 1 heterocycles. The van der Waals surface area contributed by atoms with E-state index in [-0.39, 0.29) is 24.5 Å². The van der Waals surface area contributed by atoms with E-state index in [1.807, 2.05) is 0 Å². The molecule has 5 nitrogen and oxygen atoms in total. The van der Waals surface area contributed by atoms with Crippen molar-refractivity contribution in [2.24, 2.45) is 0 Å². The Bertz CT molecular complexity index is 788. The molecule has 0 unspecified atom stereocenters. The van der Waals surface area contributed by atoms with E-state index in [9.17, 15) is 9.59 Å². The van der Waals surface area contributed by atoms with Gasteiger partial charge < -0.3 is 13.9 Å². The minimum atomic E-state index is -0.778. The van der Waals surface area contributed by atoms with Gasteiger partial charge in [0.2, 0.25) is 0 Å². The second kappa shape index (κ2) is 8.74. The van der Waals surface area contributed by atoms with E-state index in [2.05, 4.69) is 0 Å². The first kappa shape index (κ1) is 19.1. The van der Waals surface area contributed by atoms with Crippen LogP contribution in [0.3, 0.4) is 0 Å². The van der Waals surface area contributed by atoms with E-state index in [0.29, 0.717) is 21.4 Å². The van der Waals surface area contributed by atoms with E-state index in [0.717, 1.165) is 0 Å². The van der Waals surface area contributed by atoms with Crippen LogP contribution in [0.25, 0.3) is 17.4 Å². The quantitative estimate of drug-likeness (QED) is 0.311. The maximum atomic E-state index is 12.0. The molecule has 0 N–H and O–H groups in total. The fourth-order valence-electron chi connectivity index (χ4n) is 2.02. The molecule has 0 saturated carbocycles. The molecular weight excluding hydrogens is 367 g/mol. The fraction of sp³-hybridized carbons (Fsp3) is 0.222. The molecule has 0 saturated heterocycles. The molecule has 0 spiro atoms. The molecule has 1 aromatic heterocycles. The lowest BCUT2D eigenvalue weighted by molar-refractivity contribution is -0.146.